The molecule has 188 valence electrons. The number of hydrogen-bond donors (Lipinski definition) is 6. The highest BCUT2D eigenvalue weighted by molar-refractivity contribution is 7.99. The predicted molar refractivity (Wildman–Crippen MR) is 125 cm³/mol. The molecule has 0 aromatic heterocycles. The predicted octanol–water partition coefficient (Wildman–Crippen LogP) is -0.804. The smallest absolute Gasteiger partial charge is 0.327 e. The molecule has 33 heavy (non-hydrogen) atoms. The number of hydrogen-bond acceptors (Lipinski definition) is 7. The molecule has 11 nitrogen and oxygen atoms in total. The molecule has 7 N–H and O–H groups in total. The zero-order chi connectivity index (χ0) is 25.3. The quantitative estimate of drug-likeness (QED) is 0.291. The van der Waals surface area contributed by atoms with Crippen LogP contribution < -0.4 is 27.0 Å². The third-order valence-electron chi connectivity index (χ3n) is 5.42. The zero-order valence-corrected chi connectivity index (χ0v) is 20.7. The molecule has 1 heterocycles. The van der Waals surface area contributed by atoms with Crippen LogP contribution in [0.5, 0.6) is 0 Å². The normalized spacial score (nSPS) is 29.5. The monoisotopic (exact) mass is 487 g/mol. The lowest BCUT2D eigenvalue weighted by Crippen LogP contribution is -2.59. The van der Waals surface area contributed by atoms with Gasteiger partial charge < -0.3 is 32.1 Å². The molecule has 0 bridgehead atoms. The minimum Gasteiger partial charge on any atom is -0.480 e. The van der Waals surface area contributed by atoms with Crippen molar-refractivity contribution in [2.24, 2.45) is 17.6 Å². The minimum atomic E-state index is -1.23. The molecule has 0 aromatic rings. The van der Waals surface area contributed by atoms with Crippen LogP contribution in [0.15, 0.2) is 0 Å². The molecule has 0 spiro atoms. The van der Waals surface area contributed by atoms with E-state index in [2.05, 4.69) is 21.3 Å². The Hall–Kier alpha value is -2.34. The molecule has 12 heteroatoms. The van der Waals surface area contributed by atoms with Crippen LogP contribution in [-0.2, 0) is 24.0 Å². The average Bonchev–Trinajstić information content (AvgIpc) is 2.73. The van der Waals surface area contributed by atoms with Crippen molar-refractivity contribution in [1.29, 1.82) is 0 Å². The molecule has 1 saturated heterocycles. The number of amides is 4. The summed E-state index contributed by atoms with van der Waals surface area (Å²) in [6, 6.07) is -5.06. The van der Waals surface area contributed by atoms with Crippen LogP contribution in [-0.4, -0.2) is 76.4 Å². The first-order valence-electron chi connectivity index (χ1n) is 11.1. The second-order valence-electron chi connectivity index (χ2n) is 8.84. The Labute approximate surface area is 198 Å². The lowest BCUT2D eigenvalue weighted by Gasteiger charge is -2.28. The first-order valence-corrected chi connectivity index (χ1v) is 12.3. The molecular weight excluding hydrogens is 450 g/mol. The summed E-state index contributed by atoms with van der Waals surface area (Å²) in [5, 5.41) is 19.8. The number of carbonyl (C=O) groups excluding carboxylic acids is 4. The average molecular weight is 488 g/mol. The molecule has 6 atom stereocenters. The number of rotatable bonds is 5. The summed E-state index contributed by atoms with van der Waals surface area (Å²) >= 11 is 1.10. The molecule has 1 aliphatic rings. The SMILES string of the molecule is CC[C@H](C)[C@@H]1NC(=O)[C@H](N)CSC[C@@H](C(=O)O)NC(=O)C(CC(C)C)NC(=O)[C@H](C)NC1=O. The van der Waals surface area contributed by atoms with Gasteiger partial charge in [-0.2, -0.15) is 11.8 Å². The van der Waals surface area contributed by atoms with E-state index in [1.165, 1.54) is 6.92 Å². The van der Waals surface area contributed by atoms with Crippen LogP contribution in [0, 0.1) is 11.8 Å². The Morgan fingerprint density at radius 3 is 2.18 bits per heavy atom. The largest absolute Gasteiger partial charge is 0.480 e. The van der Waals surface area contributed by atoms with E-state index >= 15 is 0 Å². The third-order valence-corrected chi connectivity index (χ3v) is 6.58. The molecule has 1 rings (SSSR count). The molecule has 0 radical (unpaired) electrons. The Morgan fingerprint density at radius 1 is 1.00 bits per heavy atom. The zero-order valence-electron chi connectivity index (χ0n) is 19.8. The van der Waals surface area contributed by atoms with Crippen LogP contribution in [0.3, 0.4) is 0 Å². The summed E-state index contributed by atoms with van der Waals surface area (Å²) in [6.07, 6.45) is 0.883. The van der Waals surface area contributed by atoms with Gasteiger partial charge in [-0.05, 0) is 25.2 Å². The molecule has 0 aliphatic carbocycles. The van der Waals surface area contributed by atoms with Gasteiger partial charge in [0.05, 0.1) is 6.04 Å². The second-order valence-corrected chi connectivity index (χ2v) is 9.91. The summed E-state index contributed by atoms with van der Waals surface area (Å²) in [4.78, 5) is 62.6. The van der Waals surface area contributed by atoms with Crippen molar-refractivity contribution in [3.05, 3.63) is 0 Å². The van der Waals surface area contributed by atoms with Gasteiger partial charge in [-0.25, -0.2) is 4.79 Å². The van der Waals surface area contributed by atoms with Gasteiger partial charge in [0.25, 0.3) is 0 Å². The fourth-order valence-electron chi connectivity index (χ4n) is 3.17. The Balaban J connectivity index is 3.23. The second kappa shape index (κ2) is 13.4. The van der Waals surface area contributed by atoms with Crippen molar-refractivity contribution in [3.63, 3.8) is 0 Å². The molecule has 1 fully saturated rings. The topological polar surface area (TPSA) is 180 Å². The van der Waals surface area contributed by atoms with Gasteiger partial charge in [-0.15, -0.1) is 0 Å². The van der Waals surface area contributed by atoms with Crippen molar-refractivity contribution >= 4 is 41.4 Å². The van der Waals surface area contributed by atoms with Crippen molar-refractivity contribution in [3.8, 4) is 0 Å². The van der Waals surface area contributed by atoms with E-state index in [9.17, 15) is 29.1 Å². The highest BCUT2D eigenvalue weighted by Gasteiger charge is 2.32. The van der Waals surface area contributed by atoms with E-state index in [0.29, 0.717) is 6.42 Å². The van der Waals surface area contributed by atoms with E-state index < -0.39 is 59.8 Å². The Morgan fingerprint density at radius 2 is 1.64 bits per heavy atom. The first kappa shape index (κ1) is 28.7. The van der Waals surface area contributed by atoms with Crippen molar-refractivity contribution in [1.82, 2.24) is 21.3 Å². The molecule has 1 aliphatic heterocycles. The van der Waals surface area contributed by atoms with Crippen LogP contribution in [0.2, 0.25) is 0 Å². The third kappa shape index (κ3) is 9.20. The maximum absolute atomic E-state index is 12.9. The molecule has 0 aromatic carbocycles. The van der Waals surface area contributed by atoms with Crippen LogP contribution in [0.25, 0.3) is 0 Å². The first-order chi connectivity index (χ1) is 15.4. The molecule has 1 unspecified atom stereocenters. The van der Waals surface area contributed by atoms with E-state index in [-0.39, 0.29) is 29.8 Å². The lowest BCUT2D eigenvalue weighted by atomic mass is 9.97. The van der Waals surface area contributed by atoms with E-state index in [4.69, 9.17) is 5.73 Å². The van der Waals surface area contributed by atoms with Crippen LogP contribution in [0.1, 0.15) is 47.5 Å². The van der Waals surface area contributed by atoms with Crippen LogP contribution in [0.4, 0.5) is 0 Å². The van der Waals surface area contributed by atoms with Crippen molar-refractivity contribution in [2.75, 3.05) is 11.5 Å². The highest BCUT2D eigenvalue weighted by Crippen LogP contribution is 2.12. The van der Waals surface area contributed by atoms with Crippen LogP contribution >= 0.6 is 11.8 Å². The van der Waals surface area contributed by atoms with Gasteiger partial charge >= 0.3 is 5.97 Å². The Bertz CT molecular complexity index is 734. The van der Waals surface area contributed by atoms with Crippen molar-refractivity contribution < 1.29 is 29.1 Å². The van der Waals surface area contributed by atoms with Gasteiger partial charge in [-0.3, -0.25) is 19.2 Å². The van der Waals surface area contributed by atoms with Gasteiger partial charge in [0.1, 0.15) is 24.2 Å². The lowest BCUT2D eigenvalue weighted by molar-refractivity contribution is -0.141. The van der Waals surface area contributed by atoms with E-state index in [1.54, 1.807) is 6.92 Å². The van der Waals surface area contributed by atoms with E-state index in [0.717, 1.165) is 11.8 Å². The summed E-state index contributed by atoms with van der Waals surface area (Å²) in [5.41, 5.74) is 5.94. The van der Waals surface area contributed by atoms with Gasteiger partial charge in [0.15, 0.2) is 0 Å². The number of thioether (sulfide) groups is 1. The van der Waals surface area contributed by atoms with E-state index in [1.807, 2.05) is 20.8 Å². The number of carbonyl (C=O) groups is 5. The maximum atomic E-state index is 12.9. The number of nitrogens with two attached hydrogens (primary N) is 1. The minimum absolute atomic E-state index is 0.0178. The summed E-state index contributed by atoms with van der Waals surface area (Å²) in [7, 11) is 0. The molecule has 0 saturated carbocycles. The fraction of sp³-hybridized carbons (Fsp3) is 0.762. The van der Waals surface area contributed by atoms with Gasteiger partial charge in [-0.1, -0.05) is 34.1 Å². The fourth-order valence-corrected chi connectivity index (χ4v) is 4.17. The highest BCUT2D eigenvalue weighted by atomic mass is 32.2. The summed E-state index contributed by atoms with van der Waals surface area (Å²) in [5.74, 6) is -3.64. The summed E-state index contributed by atoms with van der Waals surface area (Å²) in [6.45, 7) is 8.88. The maximum Gasteiger partial charge on any atom is 0.327 e. The summed E-state index contributed by atoms with van der Waals surface area (Å²) < 4.78 is 0. The van der Waals surface area contributed by atoms with Gasteiger partial charge in [0.2, 0.25) is 23.6 Å². The number of nitrogens with one attached hydrogen (secondary N) is 4. The van der Waals surface area contributed by atoms with Gasteiger partial charge in [0, 0.05) is 11.5 Å². The number of aliphatic carboxylic acids is 1. The standard InChI is InChI=1S/C21H37N5O6S/c1-6-11(4)16-20(30)23-12(5)17(27)24-14(7-10(2)3)19(29)25-15(21(31)32)9-33-8-13(22)18(28)26-16/h10-16H,6-9,22H2,1-5H3,(H,23,30)(H,24,27)(H,25,29)(H,26,28)(H,31,32)/t11-,12-,13+,14?,15-,16-/m0/s1. The molecule has 4 amide bonds. The van der Waals surface area contributed by atoms with Crippen molar-refractivity contribution in [2.45, 2.75) is 77.7 Å². The number of carboxylic acids is 1. The molecular formula is C21H37N5O6S. The number of carboxylic acid groups (broad SMARTS) is 1. The Kier molecular flexibility index (Phi) is 11.6.